The first-order valence-corrected chi connectivity index (χ1v) is 13.1. The number of nitrogens with zero attached hydrogens (tertiary/aromatic N) is 2. The van der Waals surface area contributed by atoms with Crippen LogP contribution in [0.1, 0.15) is 18.9 Å². The summed E-state index contributed by atoms with van der Waals surface area (Å²) in [6, 6.07) is 18.7. The number of carbonyl (C=O) groups excluding carboxylic acids is 2. The summed E-state index contributed by atoms with van der Waals surface area (Å²) in [6.07, 6.45) is 0.309. The van der Waals surface area contributed by atoms with Crippen LogP contribution in [0, 0.1) is 5.82 Å². The summed E-state index contributed by atoms with van der Waals surface area (Å²) in [6.45, 7) is 1.25. The molecular weight excluding hydrogens is 497 g/mol. The van der Waals surface area contributed by atoms with E-state index >= 15 is 0 Å². The third-order valence-corrected chi connectivity index (χ3v) is 7.66. The average Bonchev–Trinajstić information content (AvgIpc) is 2.92. The molecule has 37 heavy (non-hydrogen) atoms. The zero-order valence-electron chi connectivity index (χ0n) is 20.9. The molecule has 0 aliphatic heterocycles. The molecular formula is C27H30FN3O5S. The molecule has 0 aromatic heterocycles. The maximum atomic E-state index is 13.8. The highest BCUT2D eigenvalue weighted by atomic mass is 32.2. The minimum Gasteiger partial charge on any atom is -0.497 e. The highest BCUT2D eigenvalue weighted by Crippen LogP contribution is 2.25. The summed E-state index contributed by atoms with van der Waals surface area (Å²) in [4.78, 5) is 27.8. The minimum atomic E-state index is -4.19. The first kappa shape index (κ1) is 27.7. The van der Waals surface area contributed by atoms with Gasteiger partial charge in [-0.2, -0.15) is 0 Å². The maximum Gasteiger partial charge on any atom is 0.264 e. The van der Waals surface area contributed by atoms with Gasteiger partial charge in [0.25, 0.3) is 10.0 Å². The normalized spacial score (nSPS) is 11.9. The van der Waals surface area contributed by atoms with E-state index in [2.05, 4.69) is 5.32 Å². The summed E-state index contributed by atoms with van der Waals surface area (Å²) in [7, 11) is -1.17. The monoisotopic (exact) mass is 527 g/mol. The quantitative estimate of drug-likeness (QED) is 0.411. The average molecular weight is 528 g/mol. The third-order valence-electron chi connectivity index (χ3n) is 5.87. The molecule has 0 radical (unpaired) electrons. The van der Waals surface area contributed by atoms with Crippen LogP contribution in [0.25, 0.3) is 0 Å². The van der Waals surface area contributed by atoms with Crippen LogP contribution < -0.4 is 14.4 Å². The number of anilines is 1. The van der Waals surface area contributed by atoms with Crippen LogP contribution in [0.3, 0.4) is 0 Å². The van der Waals surface area contributed by atoms with Gasteiger partial charge in [0.15, 0.2) is 0 Å². The molecule has 1 N–H and O–H groups in total. The smallest absolute Gasteiger partial charge is 0.264 e. The SMILES string of the molecule is CC[C@H](C(=O)NC)N(Cc1ccc(OC)cc1)C(=O)CN(c1ccc(F)cc1)S(=O)(=O)c1ccccc1. The molecule has 0 heterocycles. The van der Waals surface area contributed by atoms with Crippen LogP contribution in [0.5, 0.6) is 5.75 Å². The molecule has 2 amide bonds. The molecule has 8 nitrogen and oxygen atoms in total. The lowest BCUT2D eigenvalue weighted by Crippen LogP contribution is -2.51. The summed E-state index contributed by atoms with van der Waals surface area (Å²) in [5.41, 5.74) is 0.853. The van der Waals surface area contributed by atoms with E-state index in [1.54, 1.807) is 56.5 Å². The van der Waals surface area contributed by atoms with E-state index < -0.39 is 34.3 Å². The van der Waals surface area contributed by atoms with Gasteiger partial charge in [-0.15, -0.1) is 0 Å². The number of benzene rings is 3. The molecule has 0 aliphatic carbocycles. The van der Waals surface area contributed by atoms with Crippen LogP contribution in [0.15, 0.2) is 83.8 Å². The Morgan fingerprint density at radius 2 is 1.59 bits per heavy atom. The minimum absolute atomic E-state index is 0.0211. The summed E-state index contributed by atoms with van der Waals surface area (Å²) < 4.78 is 47.0. The van der Waals surface area contributed by atoms with Crippen LogP contribution in [0.2, 0.25) is 0 Å². The van der Waals surface area contributed by atoms with E-state index in [1.807, 2.05) is 0 Å². The molecule has 1 atom stereocenters. The summed E-state index contributed by atoms with van der Waals surface area (Å²) >= 11 is 0. The topological polar surface area (TPSA) is 96.0 Å². The van der Waals surface area contributed by atoms with Crippen LogP contribution in [-0.4, -0.2) is 51.9 Å². The molecule has 0 unspecified atom stereocenters. The Kier molecular flexibility index (Phi) is 9.24. The summed E-state index contributed by atoms with van der Waals surface area (Å²) in [5, 5.41) is 2.58. The van der Waals surface area contributed by atoms with Crippen LogP contribution >= 0.6 is 0 Å². The van der Waals surface area contributed by atoms with Crippen LogP contribution in [0.4, 0.5) is 10.1 Å². The fourth-order valence-electron chi connectivity index (χ4n) is 3.87. The predicted molar refractivity (Wildman–Crippen MR) is 139 cm³/mol. The molecule has 10 heteroatoms. The maximum absolute atomic E-state index is 13.8. The Bertz CT molecular complexity index is 1300. The number of sulfonamides is 1. The zero-order chi connectivity index (χ0) is 27.0. The van der Waals surface area contributed by atoms with Crippen molar-refractivity contribution in [2.75, 3.05) is 25.0 Å². The van der Waals surface area contributed by atoms with Gasteiger partial charge in [-0.1, -0.05) is 37.3 Å². The number of carbonyl (C=O) groups is 2. The van der Waals surface area contributed by atoms with Crippen molar-refractivity contribution >= 4 is 27.5 Å². The number of amides is 2. The lowest BCUT2D eigenvalue weighted by Gasteiger charge is -2.33. The van der Waals surface area contributed by atoms with Gasteiger partial charge in [0.1, 0.15) is 24.2 Å². The molecule has 0 fully saturated rings. The van der Waals surface area contributed by atoms with Gasteiger partial charge in [-0.25, -0.2) is 12.8 Å². The Labute approximate surface area is 216 Å². The van der Waals surface area contributed by atoms with Crippen molar-refractivity contribution in [3.8, 4) is 5.75 Å². The summed E-state index contributed by atoms with van der Waals surface area (Å²) in [5.74, 6) is -0.867. The van der Waals surface area contributed by atoms with E-state index in [0.29, 0.717) is 12.2 Å². The van der Waals surface area contributed by atoms with Gasteiger partial charge in [0, 0.05) is 13.6 Å². The van der Waals surface area contributed by atoms with Gasteiger partial charge < -0.3 is 15.0 Å². The number of likely N-dealkylation sites (N-methyl/N-ethyl adjacent to an activating group) is 1. The van der Waals surface area contributed by atoms with Gasteiger partial charge in [0.05, 0.1) is 17.7 Å². The lowest BCUT2D eigenvalue weighted by atomic mass is 10.1. The fourth-order valence-corrected chi connectivity index (χ4v) is 5.30. The Hall–Kier alpha value is -3.92. The fraction of sp³-hybridized carbons (Fsp3) is 0.259. The largest absolute Gasteiger partial charge is 0.497 e. The Morgan fingerprint density at radius 3 is 2.14 bits per heavy atom. The number of hydrogen-bond acceptors (Lipinski definition) is 5. The lowest BCUT2D eigenvalue weighted by molar-refractivity contribution is -0.140. The van der Waals surface area contributed by atoms with Crippen molar-refractivity contribution in [2.24, 2.45) is 0 Å². The van der Waals surface area contributed by atoms with Gasteiger partial charge in [-0.05, 0) is 60.5 Å². The van der Waals surface area contributed by atoms with E-state index in [1.165, 1.54) is 36.2 Å². The van der Waals surface area contributed by atoms with E-state index in [0.717, 1.165) is 22.0 Å². The van der Waals surface area contributed by atoms with Gasteiger partial charge in [0.2, 0.25) is 11.8 Å². The second kappa shape index (κ2) is 12.4. The molecule has 0 saturated heterocycles. The number of methoxy groups -OCH3 is 1. The molecule has 0 aliphatic rings. The van der Waals surface area contributed by atoms with E-state index in [9.17, 15) is 22.4 Å². The molecule has 3 aromatic rings. The standard InChI is InChI=1S/C27H30FN3O5S/c1-4-25(27(33)29-2)30(18-20-10-16-23(36-3)17-11-20)26(32)19-31(22-14-12-21(28)13-15-22)37(34,35)24-8-6-5-7-9-24/h5-17,25H,4,18-19H2,1-3H3,(H,29,33)/t25-/m1/s1. The second-order valence-electron chi connectivity index (χ2n) is 8.21. The Morgan fingerprint density at radius 1 is 0.973 bits per heavy atom. The number of halogens is 1. The third kappa shape index (κ3) is 6.65. The first-order valence-electron chi connectivity index (χ1n) is 11.7. The number of nitrogens with one attached hydrogen (secondary N) is 1. The number of ether oxygens (including phenoxy) is 1. The first-order chi connectivity index (χ1) is 17.7. The van der Waals surface area contributed by atoms with Crippen molar-refractivity contribution in [1.82, 2.24) is 10.2 Å². The number of hydrogen-bond donors (Lipinski definition) is 1. The van der Waals surface area contributed by atoms with Crippen molar-refractivity contribution in [3.63, 3.8) is 0 Å². The second-order valence-corrected chi connectivity index (χ2v) is 10.1. The molecule has 0 bridgehead atoms. The highest BCUT2D eigenvalue weighted by Gasteiger charge is 2.33. The van der Waals surface area contributed by atoms with Gasteiger partial charge in [-0.3, -0.25) is 13.9 Å². The van der Waals surface area contributed by atoms with Crippen molar-refractivity contribution in [1.29, 1.82) is 0 Å². The van der Waals surface area contributed by atoms with Crippen molar-refractivity contribution < 1.29 is 27.1 Å². The van der Waals surface area contributed by atoms with E-state index in [4.69, 9.17) is 4.74 Å². The highest BCUT2D eigenvalue weighted by molar-refractivity contribution is 7.92. The van der Waals surface area contributed by atoms with Gasteiger partial charge >= 0.3 is 0 Å². The zero-order valence-corrected chi connectivity index (χ0v) is 21.7. The predicted octanol–water partition coefficient (Wildman–Crippen LogP) is 3.58. The van der Waals surface area contributed by atoms with Crippen molar-refractivity contribution in [2.45, 2.75) is 30.8 Å². The Balaban J connectivity index is 2.02. The molecule has 3 aromatic carbocycles. The number of rotatable bonds is 11. The molecule has 0 spiro atoms. The van der Waals surface area contributed by atoms with Crippen molar-refractivity contribution in [3.05, 3.63) is 90.2 Å². The van der Waals surface area contributed by atoms with E-state index in [-0.39, 0.29) is 23.0 Å². The molecule has 196 valence electrons. The molecule has 0 saturated carbocycles. The molecule has 3 rings (SSSR count). The van der Waals surface area contributed by atoms with Crippen LogP contribution in [-0.2, 0) is 26.2 Å².